The van der Waals surface area contributed by atoms with E-state index in [4.69, 9.17) is 15.7 Å². The van der Waals surface area contributed by atoms with E-state index in [2.05, 4.69) is 27.2 Å². The summed E-state index contributed by atoms with van der Waals surface area (Å²) in [6.45, 7) is 0.770. The van der Waals surface area contributed by atoms with Crippen LogP contribution in [-0.2, 0) is 0 Å². The Morgan fingerprint density at radius 3 is 2.86 bits per heavy atom. The molecular formula is C14H17IN5O-. The van der Waals surface area contributed by atoms with Gasteiger partial charge in [0.2, 0.25) is 0 Å². The van der Waals surface area contributed by atoms with Gasteiger partial charge in [-0.25, -0.2) is 0 Å². The van der Waals surface area contributed by atoms with Crippen LogP contribution in [0.25, 0.3) is 11.4 Å². The monoisotopic (exact) mass is 398 g/mol. The molecule has 1 aliphatic heterocycles. The van der Waals surface area contributed by atoms with Gasteiger partial charge in [0.25, 0.3) is 0 Å². The summed E-state index contributed by atoms with van der Waals surface area (Å²) in [5.41, 5.74) is 6.55. The number of nitrogens with zero attached hydrogens (tertiary/aromatic N) is 3. The van der Waals surface area contributed by atoms with Crippen molar-refractivity contribution in [2.24, 2.45) is 5.73 Å². The summed E-state index contributed by atoms with van der Waals surface area (Å²) in [4.78, 5) is 8.53. The Morgan fingerprint density at radius 2 is 2.19 bits per heavy atom. The van der Waals surface area contributed by atoms with Crippen LogP contribution in [0.15, 0.2) is 28.8 Å². The number of halogens is 1. The second kappa shape index (κ2) is 6.00. The first kappa shape index (κ1) is 14.3. The number of aromatic nitrogens is 2. The predicted octanol–water partition coefficient (Wildman–Crippen LogP) is -1.34. The fourth-order valence-corrected chi connectivity index (χ4v) is 3.60. The van der Waals surface area contributed by atoms with E-state index >= 15 is 0 Å². The van der Waals surface area contributed by atoms with E-state index in [-0.39, 0.29) is 33.2 Å². The van der Waals surface area contributed by atoms with Gasteiger partial charge >= 0.3 is 133 Å². The van der Waals surface area contributed by atoms with E-state index in [0.29, 0.717) is 11.7 Å². The number of nitrogens with one attached hydrogen (secondary N) is 1. The molecule has 1 aromatic carbocycles. The molecule has 3 rings (SSSR count). The fourth-order valence-electron chi connectivity index (χ4n) is 2.52. The van der Waals surface area contributed by atoms with Crippen LogP contribution in [0.2, 0.25) is 0 Å². The van der Waals surface area contributed by atoms with Crippen molar-refractivity contribution < 1.29 is 25.7 Å². The predicted molar refractivity (Wildman–Crippen MR) is 75.0 cm³/mol. The van der Waals surface area contributed by atoms with Crippen LogP contribution >= 0.6 is 0 Å². The molecule has 0 spiro atoms. The van der Waals surface area contributed by atoms with Crippen molar-refractivity contribution in [1.82, 2.24) is 15.0 Å². The van der Waals surface area contributed by atoms with Crippen molar-refractivity contribution in [3.63, 3.8) is 0 Å². The van der Waals surface area contributed by atoms with Crippen LogP contribution in [0.3, 0.4) is 0 Å². The van der Waals surface area contributed by atoms with Gasteiger partial charge in [-0.2, -0.15) is 0 Å². The third-order valence-electron chi connectivity index (χ3n) is 3.61. The second-order valence-electron chi connectivity index (χ2n) is 4.89. The topological polar surface area (TPSA) is 92.0 Å². The van der Waals surface area contributed by atoms with E-state index in [0.717, 1.165) is 24.9 Å². The van der Waals surface area contributed by atoms with Gasteiger partial charge in [0, 0.05) is 0 Å². The van der Waals surface area contributed by atoms with Crippen LogP contribution < -0.4 is 26.9 Å². The summed E-state index contributed by atoms with van der Waals surface area (Å²) in [7, 11) is 0. The minimum atomic E-state index is -0.0652. The normalized spacial score (nSPS) is 18.3. The van der Waals surface area contributed by atoms with Crippen molar-refractivity contribution in [1.29, 1.82) is 5.41 Å². The van der Waals surface area contributed by atoms with Crippen LogP contribution in [0.5, 0.6) is 0 Å². The van der Waals surface area contributed by atoms with E-state index in [1.54, 1.807) is 0 Å². The number of benzene rings is 1. The molecule has 0 radical (unpaired) electrons. The summed E-state index contributed by atoms with van der Waals surface area (Å²) in [6.07, 6.45) is 1.87. The van der Waals surface area contributed by atoms with Gasteiger partial charge in [0.05, 0.1) is 0 Å². The van der Waals surface area contributed by atoms with Crippen LogP contribution in [-0.4, -0.2) is 32.5 Å². The molecule has 112 valence electrons. The number of nitrogens with two attached hydrogens (primary N) is 1. The molecule has 21 heavy (non-hydrogen) atoms. The molecule has 2 heterocycles. The molecule has 0 amide bonds. The van der Waals surface area contributed by atoms with Gasteiger partial charge in [-0.1, -0.05) is 0 Å². The zero-order valence-electron chi connectivity index (χ0n) is 11.7. The van der Waals surface area contributed by atoms with Crippen molar-refractivity contribution >= 4 is 5.96 Å². The summed E-state index contributed by atoms with van der Waals surface area (Å²) < 4.78 is 6.78. The van der Waals surface area contributed by atoms with E-state index < -0.39 is 0 Å². The second-order valence-corrected chi connectivity index (χ2v) is 7.21. The summed E-state index contributed by atoms with van der Waals surface area (Å²) in [6, 6.07) is 8.24. The molecule has 0 bridgehead atoms. The van der Waals surface area contributed by atoms with E-state index in [1.807, 2.05) is 17.0 Å². The molecule has 1 saturated heterocycles. The molecule has 1 atom stereocenters. The summed E-state index contributed by atoms with van der Waals surface area (Å²) in [5.74, 6) is 1.21. The average molecular weight is 398 g/mol. The molecular weight excluding hydrogens is 381 g/mol. The van der Waals surface area contributed by atoms with Crippen LogP contribution in [0.4, 0.5) is 0 Å². The number of alkyl halides is 1. The molecule has 0 aliphatic carbocycles. The van der Waals surface area contributed by atoms with Crippen LogP contribution in [0.1, 0.15) is 24.8 Å². The standard InChI is InChI=1S/C14H17IN5O/c1-15-10-6-4-9(5-7-10)12-18-13(21-19-12)11-3-2-8-20(11)14(16)17/h4-7,11H,2-3,8H2,1H3,(H3,16,17)/q-1/t11-/m0/s1. The first-order chi connectivity index (χ1) is 10.2. The Hall–Kier alpha value is -1.64. The Labute approximate surface area is 133 Å². The first-order valence-corrected chi connectivity index (χ1v) is 9.97. The first-order valence-electron chi connectivity index (χ1n) is 6.73. The van der Waals surface area contributed by atoms with Gasteiger partial charge in [-0.3, -0.25) is 0 Å². The molecule has 7 heteroatoms. The Morgan fingerprint density at radius 1 is 1.43 bits per heavy atom. The Kier molecular flexibility index (Phi) is 4.09. The third-order valence-corrected chi connectivity index (χ3v) is 5.57. The quantitative estimate of drug-likeness (QED) is 0.289. The Balaban J connectivity index is 1.84. The molecule has 3 N–H and O–H groups in total. The number of hydrogen-bond donors (Lipinski definition) is 2. The number of guanidine groups is 1. The van der Waals surface area contributed by atoms with E-state index in [9.17, 15) is 0 Å². The van der Waals surface area contributed by atoms with Gasteiger partial charge in [-0.15, -0.1) is 0 Å². The van der Waals surface area contributed by atoms with Gasteiger partial charge in [0.15, 0.2) is 0 Å². The molecule has 6 nitrogen and oxygen atoms in total. The van der Waals surface area contributed by atoms with Gasteiger partial charge in [0.1, 0.15) is 0 Å². The maximum absolute atomic E-state index is 7.60. The average Bonchev–Trinajstić information content (AvgIpc) is 3.16. The third kappa shape index (κ3) is 2.87. The molecule has 2 aromatic rings. The summed E-state index contributed by atoms with van der Waals surface area (Å²) >= 11 is 0.102. The zero-order chi connectivity index (χ0) is 14.8. The van der Waals surface area contributed by atoms with Crippen molar-refractivity contribution in [2.75, 3.05) is 11.5 Å². The molecule has 1 aliphatic rings. The van der Waals surface area contributed by atoms with E-state index in [1.165, 1.54) is 3.57 Å². The molecule has 0 unspecified atom stereocenters. The fraction of sp³-hybridized carbons (Fsp3) is 0.357. The molecule has 0 saturated carbocycles. The van der Waals surface area contributed by atoms with Crippen molar-refractivity contribution in [3.8, 4) is 11.4 Å². The number of hydrogen-bond acceptors (Lipinski definition) is 4. The van der Waals surface area contributed by atoms with Crippen molar-refractivity contribution in [3.05, 3.63) is 33.7 Å². The SMILES string of the molecule is C[I-]c1ccc(-c2noc([C@@H]3CCCN3C(=N)N)n2)cc1. The number of likely N-dealkylation sites (tertiary alicyclic amines) is 1. The number of rotatable bonds is 3. The zero-order valence-corrected chi connectivity index (χ0v) is 13.9. The molecule has 1 aromatic heterocycles. The minimum absolute atomic E-state index is 0.0634. The Bertz CT molecular complexity index is 639. The van der Waals surface area contributed by atoms with Crippen LogP contribution in [0, 0.1) is 8.98 Å². The van der Waals surface area contributed by atoms with Crippen molar-refractivity contribution in [2.45, 2.75) is 18.9 Å². The summed E-state index contributed by atoms with van der Waals surface area (Å²) in [5, 5.41) is 11.7. The maximum atomic E-state index is 7.60. The van der Waals surface area contributed by atoms with Gasteiger partial charge in [-0.05, 0) is 0 Å². The van der Waals surface area contributed by atoms with Gasteiger partial charge < -0.3 is 0 Å². The molecule has 1 fully saturated rings.